The van der Waals surface area contributed by atoms with Gasteiger partial charge >= 0.3 is 0 Å². The van der Waals surface area contributed by atoms with Crippen LogP contribution in [0.1, 0.15) is 32.6 Å². The first-order chi connectivity index (χ1) is 8.24. The van der Waals surface area contributed by atoms with Gasteiger partial charge in [0.1, 0.15) is 0 Å². The molecule has 0 saturated carbocycles. The molecule has 2 atom stereocenters. The van der Waals surface area contributed by atoms with E-state index in [2.05, 4.69) is 16.6 Å². The largest absolute Gasteiger partial charge is 0.378 e. The maximum Gasteiger partial charge on any atom is 0.237 e. The molecule has 4 nitrogen and oxygen atoms in total. The van der Waals surface area contributed by atoms with E-state index in [0.717, 1.165) is 26.0 Å². The Labute approximate surface area is 103 Å². The van der Waals surface area contributed by atoms with E-state index < -0.39 is 0 Å². The number of amides is 1. The molecule has 0 aromatic rings. The number of ether oxygens (including phenoxy) is 1. The third-order valence-electron chi connectivity index (χ3n) is 2.95. The average molecular weight is 238 g/mol. The van der Waals surface area contributed by atoms with E-state index in [0.29, 0.717) is 6.10 Å². The lowest BCUT2D eigenvalue weighted by Gasteiger charge is -2.23. The smallest absolute Gasteiger partial charge is 0.237 e. The van der Waals surface area contributed by atoms with Gasteiger partial charge in [-0.1, -0.05) is 5.92 Å². The third-order valence-corrected chi connectivity index (χ3v) is 2.95. The topological polar surface area (TPSA) is 50.4 Å². The lowest BCUT2D eigenvalue weighted by atomic mass is 10.1. The number of terminal acetylenes is 1. The summed E-state index contributed by atoms with van der Waals surface area (Å²) in [7, 11) is 0. The molecule has 2 unspecified atom stereocenters. The SMILES string of the molecule is C#CCNC(=O)C(C)NCCC1CCCCO1. The molecular formula is C13H22N2O2. The standard InChI is InChI=1S/C13H22N2O2/c1-3-8-15-13(16)11(2)14-9-7-12-6-4-5-10-17-12/h1,11-12,14H,4-10H2,2H3,(H,15,16). The van der Waals surface area contributed by atoms with Crippen molar-refractivity contribution in [2.24, 2.45) is 0 Å². The van der Waals surface area contributed by atoms with E-state index in [1.54, 1.807) is 0 Å². The van der Waals surface area contributed by atoms with Crippen molar-refractivity contribution in [1.29, 1.82) is 0 Å². The van der Waals surface area contributed by atoms with Gasteiger partial charge in [0.05, 0.1) is 18.7 Å². The van der Waals surface area contributed by atoms with Gasteiger partial charge in [-0.25, -0.2) is 0 Å². The van der Waals surface area contributed by atoms with Crippen molar-refractivity contribution >= 4 is 5.91 Å². The van der Waals surface area contributed by atoms with Crippen LogP contribution in [0.4, 0.5) is 0 Å². The van der Waals surface area contributed by atoms with Crippen LogP contribution >= 0.6 is 0 Å². The van der Waals surface area contributed by atoms with Crippen LogP contribution in [0.25, 0.3) is 0 Å². The number of hydrogen-bond acceptors (Lipinski definition) is 3. The summed E-state index contributed by atoms with van der Waals surface area (Å²) in [6.07, 6.45) is 9.96. The first-order valence-electron chi connectivity index (χ1n) is 6.30. The monoisotopic (exact) mass is 238 g/mol. The van der Waals surface area contributed by atoms with Crippen molar-refractivity contribution in [3.63, 3.8) is 0 Å². The molecule has 2 N–H and O–H groups in total. The van der Waals surface area contributed by atoms with Crippen molar-refractivity contribution in [3.8, 4) is 12.3 Å². The number of rotatable bonds is 6. The summed E-state index contributed by atoms with van der Waals surface area (Å²) < 4.78 is 5.62. The Hall–Kier alpha value is -1.05. The van der Waals surface area contributed by atoms with Gasteiger partial charge in [-0.3, -0.25) is 4.79 Å². The summed E-state index contributed by atoms with van der Waals surface area (Å²) in [4.78, 5) is 11.5. The van der Waals surface area contributed by atoms with Crippen LogP contribution in [0.5, 0.6) is 0 Å². The van der Waals surface area contributed by atoms with Crippen LogP contribution in [0, 0.1) is 12.3 Å². The van der Waals surface area contributed by atoms with E-state index in [1.807, 2.05) is 6.92 Å². The van der Waals surface area contributed by atoms with E-state index >= 15 is 0 Å². The van der Waals surface area contributed by atoms with Gasteiger partial charge in [-0.15, -0.1) is 6.42 Å². The zero-order valence-corrected chi connectivity index (χ0v) is 10.5. The molecule has 1 amide bonds. The predicted octanol–water partition coefficient (Wildman–Crippen LogP) is 0.673. The molecule has 0 aliphatic carbocycles. The Kier molecular flexibility index (Phi) is 6.68. The van der Waals surface area contributed by atoms with Gasteiger partial charge in [0.25, 0.3) is 0 Å². The zero-order chi connectivity index (χ0) is 12.5. The van der Waals surface area contributed by atoms with Crippen LogP contribution < -0.4 is 10.6 Å². The van der Waals surface area contributed by atoms with Crippen molar-refractivity contribution < 1.29 is 9.53 Å². The fourth-order valence-electron chi connectivity index (χ4n) is 1.88. The summed E-state index contributed by atoms with van der Waals surface area (Å²) >= 11 is 0. The minimum absolute atomic E-state index is 0.0486. The molecular weight excluding hydrogens is 216 g/mol. The summed E-state index contributed by atoms with van der Waals surface area (Å²) in [5.74, 6) is 2.33. The lowest BCUT2D eigenvalue weighted by Crippen LogP contribution is -2.43. The van der Waals surface area contributed by atoms with Crippen molar-refractivity contribution in [1.82, 2.24) is 10.6 Å². The molecule has 0 spiro atoms. The lowest BCUT2D eigenvalue weighted by molar-refractivity contribution is -0.122. The molecule has 0 aromatic heterocycles. The van der Waals surface area contributed by atoms with Crippen LogP contribution in [0.2, 0.25) is 0 Å². The molecule has 4 heteroatoms. The van der Waals surface area contributed by atoms with Crippen molar-refractivity contribution in [3.05, 3.63) is 0 Å². The third kappa shape index (κ3) is 5.71. The maximum atomic E-state index is 11.5. The second-order valence-corrected chi connectivity index (χ2v) is 4.37. The second-order valence-electron chi connectivity index (χ2n) is 4.37. The van der Waals surface area contributed by atoms with Gasteiger partial charge < -0.3 is 15.4 Å². The zero-order valence-electron chi connectivity index (χ0n) is 10.5. The van der Waals surface area contributed by atoms with Crippen LogP contribution in [-0.4, -0.2) is 37.7 Å². The van der Waals surface area contributed by atoms with Gasteiger partial charge in [-0.2, -0.15) is 0 Å². The van der Waals surface area contributed by atoms with Crippen LogP contribution in [0.15, 0.2) is 0 Å². The molecule has 0 bridgehead atoms. The Morgan fingerprint density at radius 3 is 3.06 bits per heavy atom. The predicted molar refractivity (Wildman–Crippen MR) is 67.5 cm³/mol. The molecule has 1 rings (SSSR count). The molecule has 0 aromatic carbocycles. The Morgan fingerprint density at radius 1 is 1.59 bits per heavy atom. The van der Waals surface area contributed by atoms with Crippen molar-refractivity contribution in [2.75, 3.05) is 19.7 Å². The van der Waals surface area contributed by atoms with E-state index in [1.165, 1.54) is 12.8 Å². The highest BCUT2D eigenvalue weighted by Crippen LogP contribution is 2.14. The highest BCUT2D eigenvalue weighted by atomic mass is 16.5. The molecule has 0 radical (unpaired) electrons. The molecule has 17 heavy (non-hydrogen) atoms. The van der Waals surface area contributed by atoms with Gasteiger partial charge in [0.2, 0.25) is 5.91 Å². The molecule has 96 valence electrons. The fraction of sp³-hybridized carbons (Fsp3) is 0.769. The molecule has 1 heterocycles. The second kappa shape index (κ2) is 8.10. The van der Waals surface area contributed by atoms with Crippen LogP contribution in [-0.2, 0) is 9.53 Å². The minimum atomic E-state index is -0.202. The number of carbonyl (C=O) groups excluding carboxylic acids is 1. The van der Waals surface area contributed by atoms with Gasteiger partial charge in [0, 0.05) is 6.61 Å². The minimum Gasteiger partial charge on any atom is -0.378 e. The summed E-state index contributed by atoms with van der Waals surface area (Å²) in [5, 5.41) is 5.83. The Morgan fingerprint density at radius 2 is 2.41 bits per heavy atom. The number of hydrogen-bond donors (Lipinski definition) is 2. The summed E-state index contributed by atoms with van der Waals surface area (Å²) in [6.45, 7) is 3.81. The average Bonchev–Trinajstić information content (AvgIpc) is 2.37. The highest BCUT2D eigenvalue weighted by Gasteiger charge is 2.15. The van der Waals surface area contributed by atoms with E-state index in [4.69, 9.17) is 11.2 Å². The van der Waals surface area contributed by atoms with Crippen LogP contribution in [0.3, 0.4) is 0 Å². The Bertz CT molecular complexity index is 267. The molecule has 1 aliphatic rings. The molecule has 1 saturated heterocycles. The normalized spacial score (nSPS) is 21.5. The summed E-state index contributed by atoms with van der Waals surface area (Å²) in [5.41, 5.74) is 0. The van der Waals surface area contributed by atoms with Crippen molar-refractivity contribution in [2.45, 2.75) is 44.8 Å². The van der Waals surface area contributed by atoms with Gasteiger partial charge in [-0.05, 0) is 39.2 Å². The first-order valence-corrected chi connectivity index (χ1v) is 6.30. The highest BCUT2D eigenvalue weighted by molar-refractivity contribution is 5.81. The maximum absolute atomic E-state index is 11.5. The quantitative estimate of drug-likeness (QED) is 0.669. The molecule has 1 aliphatic heterocycles. The first kappa shape index (κ1) is 14.0. The van der Waals surface area contributed by atoms with E-state index in [9.17, 15) is 4.79 Å². The Balaban J connectivity index is 2.08. The fourth-order valence-corrected chi connectivity index (χ4v) is 1.88. The van der Waals surface area contributed by atoms with Gasteiger partial charge in [0.15, 0.2) is 0 Å². The number of nitrogens with one attached hydrogen (secondary N) is 2. The number of carbonyl (C=O) groups is 1. The summed E-state index contributed by atoms with van der Waals surface area (Å²) in [6, 6.07) is -0.202. The molecule has 1 fully saturated rings. The van der Waals surface area contributed by atoms with E-state index in [-0.39, 0.29) is 18.5 Å².